The average molecular weight is 361 g/mol. The van der Waals surface area contributed by atoms with Gasteiger partial charge in [-0.3, -0.25) is 4.79 Å². The Kier molecular flexibility index (Phi) is 3.52. The number of fused-ring (bicyclic) bond motifs is 3. The van der Waals surface area contributed by atoms with Gasteiger partial charge in [0.05, 0.1) is 17.6 Å². The monoisotopic (exact) mass is 361 g/mol. The number of benzene rings is 1. The van der Waals surface area contributed by atoms with Gasteiger partial charge in [0.2, 0.25) is 5.91 Å². The van der Waals surface area contributed by atoms with Crippen molar-refractivity contribution in [2.75, 3.05) is 24.7 Å². The Labute approximate surface area is 158 Å². The Bertz CT molecular complexity index is 1030. The van der Waals surface area contributed by atoms with E-state index in [9.17, 15) is 4.79 Å². The van der Waals surface area contributed by atoms with Crippen LogP contribution in [0.25, 0.3) is 16.7 Å². The molecule has 0 saturated heterocycles. The Morgan fingerprint density at radius 2 is 2.04 bits per heavy atom. The molecule has 2 atom stereocenters. The quantitative estimate of drug-likeness (QED) is 0.736. The molecule has 2 N–H and O–H groups in total. The van der Waals surface area contributed by atoms with Crippen LogP contribution in [0.4, 0.5) is 11.4 Å². The van der Waals surface area contributed by atoms with Crippen LogP contribution in [-0.4, -0.2) is 46.0 Å². The van der Waals surface area contributed by atoms with E-state index in [0.717, 1.165) is 47.4 Å². The number of carbonyl (C=O) groups excluding carboxylic acids is 1. The number of amides is 1. The van der Waals surface area contributed by atoms with Crippen LogP contribution >= 0.6 is 0 Å². The number of hydrogen-bond acceptors (Lipinski definition) is 4. The van der Waals surface area contributed by atoms with Gasteiger partial charge in [-0.2, -0.15) is 0 Å². The van der Waals surface area contributed by atoms with Crippen molar-refractivity contribution in [1.82, 2.24) is 14.5 Å². The summed E-state index contributed by atoms with van der Waals surface area (Å²) in [5, 5.41) is 7.76. The molecule has 6 nitrogen and oxygen atoms in total. The van der Waals surface area contributed by atoms with Gasteiger partial charge in [-0.05, 0) is 51.6 Å². The first-order valence-electron chi connectivity index (χ1n) is 9.39. The summed E-state index contributed by atoms with van der Waals surface area (Å²) < 4.78 is 2.08. The van der Waals surface area contributed by atoms with E-state index in [4.69, 9.17) is 0 Å². The maximum atomic E-state index is 12.9. The molecule has 1 spiro atoms. The van der Waals surface area contributed by atoms with Crippen molar-refractivity contribution in [2.45, 2.75) is 30.8 Å². The van der Waals surface area contributed by atoms with E-state index in [0.29, 0.717) is 6.04 Å². The smallest absolute Gasteiger partial charge is 0.250 e. The molecule has 6 heteroatoms. The average Bonchev–Trinajstić information content (AvgIpc) is 3.29. The number of carbonyl (C=O) groups is 1. The largest absolute Gasteiger partial charge is 0.369 e. The Morgan fingerprint density at radius 3 is 2.78 bits per heavy atom. The van der Waals surface area contributed by atoms with Crippen LogP contribution in [0.3, 0.4) is 0 Å². The third-order valence-electron chi connectivity index (χ3n) is 6.01. The molecule has 1 aliphatic carbocycles. The lowest BCUT2D eigenvalue weighted by atomic mass is 9.92. The zero-order valence-corrected chi connectivity index (χ0v) is 15.6. The highest BCUT2D eigenvalue weighted by atomic mass is 16.2. The highest BCUT2D eigenvalue weighted by Gasteiger charge is 2.48. The summed E-state index contributed by atoms with van der Waals surface area (Å²) in [5.74, 6) is 0.0583. The van der Waals surface area contributed by atoms with E-state index < -0.39 is 5.54 Å². The van der Waals surface area contributed by atoms with Crippen LogP contribution in [-0.2, 0) is 4.79 Å². The SMILES string of the molecule is CN(C)C1CCC2(C1)Nc1c(cnc3c1ccn3-c1ccccc1)NC2=O. The molecule has 1 saturated carbocycles. The zero-order chi connectivity index (χ0) is 18.6. The van der Waals surface area contributed by atoms with Gasteiger partial charge >= 0.3 is 0 Å². The van der Waals surface area contributed by atoms with Crippen molar-refractivity contribution in [3.05, 3.63) is 48.8 Å². The molecule has 2 aliphatic rings. The van der Waals surface area contributed by atoms with Crippen LogP contribution < -0.4 is 10.6 Å². The van der Waals surface area contributed by atoms with E-state index in [2.05, 4.69) is 57.4 Å². The van der Waals surface area contributed by atoms with E-state index >= 15 is 0 Å². The Hall–Kier alpha value is -2.86. The fourth-order valence-electron chi connectivity index (χ4n) is 4.43. The molecular weight excluding hydrogens is 338 g/mol. The lowest BCUT2D eigenvalue weighted by Crippen LogP contribution is -2.51. The normalized spacial score (nSPS) is 24.3. The highest BCUT2D eigenvalue weighted by Crippen LogP contribution is 2.43. The summed E-state index contributed by atoms with van der Waals surface area (Å²) in [4.78, 5) is 19.7. The number of hydrogen-bond donors (Lipinski definition) is 2. The number of nitrogens with zero attached hydrogens (tertiary/aromatic N) is 3. The molecule has 2 aromatic heterocycles. The van der Waals surface area contributed by atoms with Crippen molar-refractivity contribution >= 4 is 28.3 Å². The van der Waals surface area contributed by atoms with Crippen LogP contribution in [0, 0.1) is 0 Å². The van der Waals surface area contributed by atoms with Crippen molar-refractivity contribution < 1.29 is 4.79 Å². The maximum absolute atomic E-state index is 12.9. The van der Waals surface area contributed by atoms with Gasteiger partial charge in [0.15, 0.2) is 0 Å². The summed E-state index contributed by atoms with van der Waals surface area (Å²) in [5.41, 5.74) is 3.17. The first-order chi connectivity index (χ1) is 13.1. The van der Waals surface area contributed by atoms with Crippen molar-refractivity contribution in [3.8, 4) is 5.69 Å². The molecule has 0 radical (unpaired) electrons. The molecule has 138 valence electrons. The van der Waals surface area contributed by atoms with Gasteiger partial charge in [-0.15, -0.1) is 0 Å². The fourth-order valence-corrected chi connectivity index (χ4v) is 4.43. The van der Waals surface area contributed by atoms with E-state index in [1.807, 2.05) is 24.4 Å². The van der Waals surface area contributed by atoms with E-state index in [1.165, 1.54) is 0 Å². The molecule has 3 heterocycles. The third-order valence-corrected chi connectivity index (χ3v) is 6.01. The number of nitrogens with one attached hydrogen (secondary N) is 2. The molecule has 1 aromatic carbocycles. The Balaban J connectivity index is 1.59. The molecule has 2 unspecified atom stereocenters. The van der Waals surface area contributed by atoms with Crippen LogP contribution in [0.15, 0.2) is 48.8 Å². The molecule has 1 fully saturated rings. The summed E-state index contributed by atoms with van der Waals surface area (Å²) in [6.45, 7) is 0. The molecule has 3 aromatic rings. The highest BCUT2D eigenvalue weighted by molar-refractivity contribution is 6.11. The second-order valence-electron chi connectivity index (χ2n) is 7.83. The van der Waals surface area contributed by atoms with E-state index in [1.54, 1.807) is 6.20 Å². The Morgan fingerprint density at radius 1 is 1.22 bits per heavy atom. The molecule has 5 rings (SSSR count). The van der Waals surface area contributed by atoms with Gasteiger partial charge in [-0.25, -0.2) is 4.98 Å². The van der Waals surface area contributed by atoms with Crippen molar-refractivity contribution in [3.63, 3.8) is 0 Å². The fraction of sp³-hybridized carbons (Fsp3) is 0.333. The molecule has 27 heavy (non-hydrogen) atoms. The summed E-state index contributed by atoms with van der Waals surface area (Å²) in [6.07, 6.45) is 6.46. The first-order valence-corrected chi connectivity index (χ1v) is 9.39. The number of para-hydroxylation sites is 1. The number of pyridine rings is 1. The number of anilines is 2. The molecule has 1 aliphatic heterocycles. The summed E-state index contributed by atoms with van der Waals surface area (Å²) >= 11 is 0. The lowest BCUT2D eigenvalue weighted by Gasteiger charge is -2.36. The standard InChI is InChI=1S/C21H23N5O/c1-25(2)15-8-10-21(12-15)20(27)23-17-13-22-19-16(18(17)24-21)9-11-26(19)14-6-4-3-5-7-14/h3-7,9,11,13,15,24H,8,10,12H2,1-2H3,(H,23,27). The minimum atomic E-state index is -0.537. The topological polar surface area (TPSA) is 62.2 Å². The van der Waals surface area contributed by atoms with Gasteiger partial charge in [0.25, 0.3) is 0 Å². The number of rotatable bonds is 2. The second kappa shape index (κ2) is 5.82. The second-order valence-corrected chi connectivity index (χ2v) is 7.83. The van der Waals surface area contributed by atoms with Crippen molar-refractivity contribution in [2.24, 2.45) is 0 Å². The van der Waals surface area contributed by atoms with Gasteiger partial charge < -0.3 is 20.1 Å². The summed E-state index contributed by atoms with van der Waals surface area (Å²) in [7, 11) is 4.17. The minimum absolute atomic E-state index is 0.0583. The summed E-state index contributed by atoms with van der Waals surface area (Å²) in [6, 6.07) is 12.7. The molecule has 1 amide bonds. The zero-order valence-electron chi connectivity index (χ0n) is 15.6. The van der Waals surface area contributed by atoms with Crippen LogP contribution in [0.2, 0.25) is 0 Å². The first kappa shape index (κ1) is 16.3. The van der Waals surface area contributed by atoms with Crippen molar-refractivity contribution in [1.29, 1.82) is 0 Å². The molecule has 0 bridgehead atoms. The lowest BCUT2D eigenvalue weighted by molar-refractivity contribution is -0.120. The predicted molar refractivity (Wildman–Crippen MR) is 107 cm³/mol. The van der Waals surface area contributed by atoms with E-state index in [-0.39, 0.29) is 5.91 Å². The van der Waals surface area contributed by atoms with Crippen LogP contribution in [0.1, 0.15) is 19.3 Å². The molecular formula is C21H23N5O. The van der Waals surface area contributed by atoms with Gasteiger partial charge in [0.1, 0.15) is 11.2 Å². The number of aromatic nitrogens is 2. The third kappa shape index (κ3) is 2.44. The van der Waals surface area contributed by atoms with Gasteiger partial charge in [-0.1, -0.05) is 18.2 Å². The predicted octanol–water partition coefficient (Wildman–Crippen LogP) is 3.24. The van der Waals surface area contributed by atoms with Gasteiger partial charge in [0, 0.05) is 23.3 Å². The minimum Gasteiger partial charge on any atom is -0.369 e. The maximum Gasteiger partial charge on any atom is 0.250 e. The van der Waals surface area contributed by atoms with Crippen LogP contribution in [0.5, 0.6) is 0 Å².